The lowest BCUT2D eigenvalue weighted by Gasteiger charge is -2.40. The summed E-state index contributed by atoms with van der Waals surface area (Å²) in [6.07, 6.45) is 1.92. The van der Waals surface area contributed by atoms with Crippen LogP contribution >= 0.6 is 11.8 Å². The van der Waals surface area contributed by atoms with Crippen molar-refractivity contribution in [2.75, 3.05) is 25.5 Å². The SMILES string of the molecule is COC(=O)[C@@H](CC(C)C)N1C(=O)C(CC(=O)N2CCC(N3Cc4ccccc4NC3=O)CC2)SC1c1ccccc1.[HH]. The molecule has 5 rings (SSSR count). The summed E-state index contributed by atoms with van der Waals surface area (Å²) in [7, 11) is 1.35. The summed E-state index contributed by atoms with van der Waals surface area (Å²) in [6, 6.07) is 16.7. The monoisotopic (exact) mass is 580 g/mol. The molecule has 2 saturated heterocycles. The number of methoxy groups -OCH3 is 1. The van der Waals surface area contributed by atoms with E-state index < -0.39 is 17.3 Å². The number of amides is 4. The number of thioether (sulfide) groups is 1. The van der Waals surface area contributed by atoms with Crippen LogP contribution in [0.4, 0.5) is 10.5 Å². The quantitative estimate of drug-likeness (QED) is 0.447. The highest BCUT2D eigenvalue weighted by Crippen LogP contribution is 2.46. The fraction of sp³-hybridized carbons (Fsp3) is 0.484. The molecule has 10 heteroatoms. The minimum atomic E-state index is -0.720. The molecule has 2 fully saturated rings. The molecule has 3 heterocycles. The minimum Gasteiger partial charge on any atom is -0.467 e. The van der Waals surface area contributed by atoms with Crippen molar-refractivity contribution in [3.05, 3.63) is 65.7 Å². The van der Waals surface area contributed by atoms with Gasteiger partial charge in [0.1, 0.15) is 11.4 Å². The summed E-state index contributed by atoms with van der Waals surface area (Å²) in [6.45, 7) is 5.65. The second kappa shape index (κ2) is 12.5. The summed E-state index contributed by atoms with van der Waals surface area (Å²) >= 11 is 1.43. The average molecular weight is 581 g/mol. The fourth-order valence-corrected chi connectivity index (χ4v) is 7.49. The largest absolute Gasteiger partial charge is 0.467 e. The number of carbonyl (C=O) groups excluding carboxylic acids is 4. The molecule has 2 aromatic carbocycles. The highest BCUT2D eigenvalue weighted by molar-refractivity contribution is 8.01. The van der Waals surface area contributed by atoms with Gasteiger partial charge in [-0.3, -0.25) is 9.59 Å². The molecule has 0 aromatic heterocycles. The summed E-state index contributed by atoms with van der Waals surface area (Å²) < 4.78 is 5.11. The Morgan fingerprint density at radius 2 is 1.73 bits per heavy atom. The number of fused-ring (bicyclic) bond motifs is 1. The Morgan fingerprint density at radius 1 is 1.05 bits per heavy atom. The zero-order valence-corrected chi connectivity index (χ0v) is 24.6. The van der Waals surface area contributed by atoms with Crippen molar-refractivity contribution in [2.45, 2.75) is 68.8 Å². The number of rotatable bonds is 8. The van der Waals surface area contributed by atoms with Crippen LogP contribution in [0.5, 0.6) is 0 Å². The van der Waals surface area contributed by atoms with Crippen LogP contribution in [-0.4, -0.2) is 76.0 Å². The van der Waals surface area contributed by atoms with Crippen LogP contribution in [0.15, 0.2) is 54.6 Å². The molecule has 0 saturated carbocycles. The van der Waals surface area contributed by atoms with Crippen molar-refractivity contribution >= 4 is 41.3 Å². The Labute approximate surface area is 247 Å². The zero-order valence-electron chi connectivity index (χ0n) is 23.8. The molecule has 2 aromatic rings. The summed E-state index contributed by atoms with van der Waals surface area (Å²) in [5.74, 6) is -0.542. The van der Waals surface area contributed by atoms with Crippen molar-refractivity contribution < 1.29 is 25.3 Å². The summed E-state index contributed by atoms with van der Waals surface area (Å²) in [5, 5.41) is 2.01. The Kier molecular flexibility index (Phi) is 8.87. The van der Waals surface area contributed by atoms with Gasteiger partial charge in [-0.2, -0.15) is 0 Å². The number of esters is 1. The molecule has 220 valence electrons. The summed E-state index contributed by atoms with van der Waals surface area (Å²) in [4.78, 5) is 58.2. The van der Waals surface area contributed by atoms with Crippen LogP contribution in [0.2, 0.25) is 0 Å². The van der Waals surface area contributed by atoms with Gasteiger partial charge in [-0.1, -0.05) is 62.4 Å². The van der Waals surface area contributed by atoms with Crippen LogP contribution in [0.1, 0.15) is 57.5 Å². The third-order valence-electron chi connectivity index (χ3n) is 8.14. The number of benzene rings is 2. The van der Waals surface area contributed by atoms with E-state index in [1.807, 2.05) is 78.2 Å². The van der Waals surface area contributed by atoms with E-state index >= 15 is 0 Å². The molecule has 0 aliphatic carbocycles. The van der Waals surface area contributed by atoms with E-state index in [0.29, 0.717) is 38.9 Å². The Hall–Kier alpha value is -3.53. The molecule has 0 radical (unpaired) electrons. The molecule has 3 atom stereocenters. The Balaban J connectivity index is 0.00000405. The first-order valence-corrected chi connectivity index (χ1v) is 15.2. The third-order valence-corrected chi connectivity index (χ3v) is 9.60. The number of hydrogen-bond acceptors (Lipinski definition) is 6. The fourth-order valence-electron chi connectivity index (χ4n) is 6.01. The third kappa shape index (κ3) is 6.22. The maximum atomic E-state index is 13.8. The Morgan fingerprint density at radius 3 is 2.41 bits per heavy atom. The van der Waals surface area contributed by atoms with Gasteiger partial charge in [0.2, 0.25) is 11.8 Å². The number of likely N-dealkylation sites (tertiary alicyclic amines) is 1. The van der Waals surface area contributed by atoms with E-state index in [2.05, 4.69) is 5.32 Å². The van der Waals surface area contributed by atoms with E-state index in [0.717, 1.165) is 16.8 Å². The second-order valence-electron chi connectivity index (χ2n) is 11.3. The van der Waals surface area contributed by atoms with Crippen molar-refractivity contribution in [1.82, 2.24) is 14.7 Å². The number of ether oxygens (including phenoxy) is 1. The van der Waals surface area contributed by atoms with Gasteiger partial charge >= 0.3 is 12.0 Å². The smallest absolute Gasteiger partial charge is 0.328 e. The highest BCUT2D eigenvalue weighted by atomic mass is 32.2. The molecule has 3 aliphatic rings. The molecule has 0 spiro atoms. The van der Waals surface area contributed by atoms with Crippen LogP contribution in [-0.2, 0) is 25.7 Å². The first kappa shape index (κ1) is 29.0. The summed E-state index contributed by atoms with van der Waals surface area (Å²) in [5.41, 5.74) is 2.86. The van der Waals surface area contributed by atoms with Crippen molar-refractivity contribution in [1.29, 1.82) is 0 Å². The maximum absolute atomic E-state index is 13.8. The lowest BCUT2D eigenvalue weighted by Crippen LogP contribution is -2.51. The highest BCUT2D eigenvalue weighted by Gasteiger charge is 2.48. The van der Waals surface area contributed by atoms with Gasteiger partial charge in [0.25, 0.3) is 0 Å². The van der Waals surface area contributed by atoms with Crippen LogP contribution < -0.4 is 5.32 Å². The predicted molar refractivity (Wildman–Crippen MR) is 160 cm³/mol. The number of nitrogens with one attached hydrogen (secondary N) is 1. The number of piperidine rings is 1. The number of anilines is 1. The molecular weight excluding hydrogens is 540 g/mol. The first-order valence-electron chi connectivity index (χ1n) is 14.3. The van der Waals surface area contributed by atoms with E-state index in [-0.39, 0.29) is 43.0 Å². The molecule has 9 nitrogen and oxygen atoms in total. The van der Waals surface area contributed by atoms with E-state index in [1.54, 1.807) is 4.90 Å². The van der Waals surface area contributed by atoms with Gasteiger partial charge in [-0.25, -0.2) is 9.59 Å². The van der Waals surface area contributed by atoms with Crippen molar-refractivity contribution in [2.24, 2.45) is 5.92 Å². The lowest BCUT2D eigenvalue weighted by molar-refractivity contribution is -0.153. The van der Waals surface area contributed by atoms with Gasteiger partial charge in [-0.05, 0) is 42.4 Å². The zero-order chi connectivity index (χ0) is 29.1. The first-order chi connectivity index (χ1) is 19.8. The van der Waals surface area contributed by atoms with Gasteiger partial charge in [0, 0.05) is 39.2 Å². The van der Waals surface area contributed by atoms with Gasteiger partial charge in [-0.15, -0.1) is 11.8 Å². The number of nitrogens with zero attached hydrogens (tertiary/aromatic N) is 3. The number of para-hydroxylation sites is 1. The topological polar surface area (TPSA) is 99.3 Å². The van der Waals surface area contributed by atoms with Gasteiger partial charge < -0.3 is 24.8 Å². The van der Waals surface area contributed by atoms with Gasteiger partial charge in [0.05, 0.1) is 12.4 Å². The average Bonchev–Trinajstić information content (AvgIpc) is 3.30. The predicted octanol–water partition coefficient (Wildman–Crippen LogP) is 4.89. The molecule has 4 amide bonds. The van der Waals surface area contributed by atoms with Crippen LogP contribution in [0.25, 0.3) is 0 Å². The van der Waals surface area contributed by atoms with Crippen molar-refractivity contribution in [3.8, 4) is 0 Å². The molecule has 1 N–H and O–H groups in total. The van der Waals surface area contributed by atoms with E-state index in [1.165, 1.54) is 18.9 Å². The Bertz CT molecular complexity index is 1290. The maximum Gasteiger partial charge on any atom is 0.328 e. The van der Waals surface area contributed by atoms with Crippen LogP contribution in [0.3, 0.4) is 0 Å². The molecule has 0 bridgehead atoms. The van der Waals surface area contributed by atoms with Crippen molar-refractivity contribution in [3.63, 3.8) is 0 Å². The van der Waals surface area contributed by atoms with Gasteiger partial charge in [0.15, 0.2) is 0 Å². The standard InChI is InChI=1S/C31H38N4O5S.H2/c1-20(2)17-25(30(38)40-3)35-28(37)26(41-29(35)21-9-5-4-6-10-21)18-27(36)33-15-13-23(14-16-33)34-19-22-11-7-8-12-24(22)32-31(34)39;/h4-12,20,23,25-26,29H,13-19H2,1-3H3,(H,32,39);1H/t25-,26?,29?;/m1./s1. The minimum absolute atomic E-state index is 0. The molecule has 3 aliphatic heterocycles. The van der Waals surface area contributed by atoms with E-state index in [4.69, 9.17) is 4.74 Å². The molecule has 2 unspecified atom stereocenters. The molecular formula is C31H40N4O5S. The van der Waals surface area contributed by atoms with E-state index in [9.17, 15) is 19.2 Å². The molecule has 41 heavy (non-hydrogen) atoms. The number of carbonyl (C=O) groups is 4. The lowest BCUT2D eigenvalue weighted by atomic mass is 10.00. The number of hydrogen-bond donors (Lipinski definition) is 1. The normalized spacial score (nSPS) is 22.0. The second-order valence-corrected chi connectivity index (χ2v) is 12.6. The van der Waals surface area contributed by atoms with Crippen LogP contribution in [0, 0.1) is 5.92 Å². The number of urea groups is 1.